The Balaban J connectivity index is 3.31. The zero-order valence-electron chi connectivity index (χ0n) is 13.9. The molecule has 0 spiro atoms. The van der Waals surface area contributed by atoms with E-state index in [4.69, 9.17) is 4.74 Å². The lowest BCUT2D eigenvalue weighted by Crippen LogP contribution is -2.36. The van der Waals surface area contributed by atoms with Crippen LogP contribution in [0.25, 0.3) is 0 Å². The fourth-order valence-corrected chi connectivity index (χ4v) is 2.03. The van der Waals surface area contributed by atoms with E-state index in [-0.39, 0.29) is 6.09 Å². The molecule has 20 heavy (non-hydrogen) atoms. The van der Waals surface area contributed by atoms with E-state index in [0.717, 1.165) is 10.0 Å². The van der Waals surface area contributed by atoms with Crippen LogP contribution in [0, 0.1) is 6.92 Å². The number of ether oxygens (including phenoxy) is 1. The molecule has 112 valence electrons. The van der Waals surface area contributed by atoms with Gasteiger partial charge in [0.2, 0.25) is 0 Å². The molecule has 0 atom stereocenters. The molecule has 0 bridgehead atoms. The van der Waals surface area contributed by atoms with Crippen molar-refractivity contribution in [3.8, 4) is 5.75 Å². The van der Waals surface area contributed by atoms with E-state index in [1.165, 1.54) is 16.2 Å². The zero-order valence-corrected chi connectivity index (χ0v) is 13.9. The third-order valence-electron chi connectivity index (χ3n) is 3.23. The summed E-state index contributed by atoms with van der Waals surface area (Å²) in [6, 6.07) is 4.12. The fraction of sp³-hybridized carbons (Fsp3) is 0.562. The maximum Gasteiger partial charge on any atom is 0.414 e. The van der Waals surface area contributed by atoms with Crippen LogP contribution < -0.4 is 9.22 Å². The number of quaternary nitrogens is 1. The molecule has 0 unspecified atom stereocenters. The Bertz CT molecular complexity index is 500. The van der Waals surface area contributed by atoms with Gasteiger partial charge in [-0.2, -0.15) is 0 Å². The fourth-order valence-electron chi connectivity index (χ4n) is 2.03. The molecular weight excluding hydrogens is 252 g/mol. The summed E-state index contributed by atoms with van der Waals surface area (Å²) >= 11 is 0. The molecule has 0 N–H and O–H groups in total. The molecular formula is C16H27N2O2+. The highest BCUT2D eigenvalue weighted by molar-refractivity contribution is 5.71. The summed E-state index contributed by atoms with van der Waals surface area (Å²) in [5.74, 6) is 1.02. The second-order valence-electron chi connectivity index (χ2n) is 6.61. The SMILES string of the molecule is Cc1cc([N+](C)(C)C)c(C(C)C)cc1OC(=O)N(C)C. The number of carbonyl (C=O) groups excluding carboxylic acids is 1. The highest BCUT2D eigenvalue weighted by atomic mass is 16.6. The van der Waals surface area contributed by atoms with Gasteiger partial charge in [0.15, 0.2) is 0 Å². The van der Waals surface area contributed by atoms with Crippen LogP contribution in [0.4, 0.5) is 10.5 Å². The highest BCUT2D eigenvalue weighted by Crippen LogP contribution is 2.35. The lowest BCUT2D eigenvalue weighted by molar-refractivity contribution is 0.171. The molecule has 1 aromatic rings. The van der Waals surface area contributed by atoms with Gasteiger partial charge in [-0.25, -0.2) is 4.79 Å². The van der Waals surface area contributed by atoms with Crippen molar-refractivity contribution in [2.75, 3.05) is 35.2 Å². The summed E-state index contributed by atoms with van der Waals surface area (Å²) in [6.07, 6.45) is -0.346. The Kier molecular flexibility index (Phi) is 4.81. The van der Waals surface area contributed by atoms with Crippen molar-refractivity contribution in [1.82, 2.24) is 9.38 Å². The summed E-state index contributed by atoms with van der Waals surface area (Å²) in [7, 11) is 9.80. The van der Waals surface area contributed by atoms with Crippen molar-refractivity contribution in [2.24, 2.45) is 0 Å². The number of benzene rings is 1. The Morgan fingerprint density at radius 3 is 2.15 bits per heavy atom. The number of amides is 1. The lowest BCUT2D eigenvalue weighted by Gasteiger charge is -2.28. The molecule has 0 saturated heterocycles. The van der Waals surface area contributed by atoms with Crippen LogP contribution in [0.15, 0.2) is 12.1 Å². The molecule has 0 saturated carbocycles. The maximum atomic E-state index is 11.7. The first kappa shape index (κ1) is 16.5. The first-order chi connectivity index (χ1) is 9.04. The number of hydrogen-bond donors (Lipinski definition) is 0. The number of aryl methyl sites for hydroxylation is 1. The molecule has 4 nitrogen and oxygen atoms in total. The molecule has 0 aliphatic heterocycles. The molecule has 0 heterocycles. The van der Waals surface area contributed by atoms with E-state index in [1.807, 2.05) is 13.0 Å². The van der Waals surface area contributed by atoms with Crippen LogP contribution in [0.2, 0.25) is 0 Å². The Hall–Kier alpha value is -1.55. The number of rotatable bonds is 3. The average molecular weight is 279 g/mol. The third-order valence-corrected chi connectivity index (χ3v) is 3.23. The molecule has 0 aromatic heterocycles. The van der Waals surface area contributed by atoms with Gasteiger partial charge in [-0.05, 0) is 24.5 Å². The molecule has 0 radical (unpaired) electrons. The van der Waals surface area contributed by atoms with Gasteiger partial charge in [-0.15, -0.1) is 0 Å². The van der Waals surface area contributed by atoms with E-state index in [2.05, 4.69) is 41.1 Å². The zero-order chi connectivity index (χ0) is 15.7. The van der Waals surface area contributed by atoms with Crippen molar-refractivity contribution < 1.29 is 9.53 Å². The van der Waals surface area contributed by atoms with Crippen LogP contribution in [0.1, 0.15) is 30.9 Å². The first-order valence-corrected chi connectivity index (χ1v) is 6.89. The normalized spacial score (nSPS) is 11.7. The minimum atomic E-state index is -0.346. The quantitative estimate of drug-likeness (QED) is 0.794. The number of carbonyl (C=O) groups is 1. The van der Waals surface area contributed by atoms with E-state index in [1.54, 1.807) is 14.1 Å². The van der Waals surface area contributed by atoms with Gasteiger partial charge in [-0.3, -0.25) is 4.48 Å². The van der Waals surface area contributed by atoms with E-state index in [9.17, 15) is 4.79 Å². The monoisotopic (exact) mass is 279 g/mol. The topological polar surface area (TPSA) is 29.5 Å². The first-order valence-electron chi connectivity index (χ1n) is 6.89. The minimum absolute atomic E-state index is 0.346. The maximum absolute atomic E-state index is 11.7. The highest BCUT2D eigenvalue weighted by Gasteiger charge is 2.23. The standard InChI is InChI=1S/C16H27N2O2/c1-11(2)13-10-15(20-16(19)17(4)5)12(3)9-14(13)18(6,7)8/h9-11H,1-8H3/q+1. The van der Waals surface area contributed by atoms with Crippen molar-refractivity contribution in [3.63, 3.8) is 0 Å². The van der Waals surface area contributed by atoms with Gasteiger partial charge in [0.05, 0.1) is 21.1 Å². The molecule has 1 rings (SSSR count). The Labute approximate surface area is 122 Å². The smallest absolute Gasteiger partial charge is 0.410 e. The number of nitrogens with zero attached hydrogens (tertiary/aromatic N) is 2. The van der Waals surface area contributed by atoms with Gasteiger partial charge in [0.1, 0.15) is 11.4 Å². The Morgan fingerprint density at radius 1 is 1.20 bits per heavy atom. The second kappa shape index (κ2) is 5.83. The largest absolute Gasteiger partial charge is 0.414 e. The van der Waals surface area contributed by atoms with E-state index >= 15 is 0 Å². The molecule has 1 aromatic carbocycles. The van der Waals surface area contributed by atoms with Gasteiger partial charge < -0.3 is 9.64 Å². The van der Waals surface area contributed by atoms with Gasteiger partial charge in [0, 0.05) is 25.7 Å². The predicted octanol–water partition coefficient (Wildman–Crippen LogP) is 3.38. The van der Waals surface area contributed by atoms with Crippen LogP contribution in [0.5, 0.6) is 5.75 Å². The molecule has 1 amide bonds. The molecule has 0 aliphatic rings. The van der Waals surface area contributed by atoms with Crippen molar-refractivity contribution in [3.05, 3.63) is 23.3 Å². The summed E-state index contributed by atoms with van der Waals surface area (Å²) in [6.45, 7) is 6.28. The van der Waals surface area contributed by atoms with Crippen LogP contribution >= 0.6 is 0 Å². The Morgan fingerprint density at radius 2 is 1.75 bits per heavy atom. The van der Waals surface area contributed by atoms with Crippen molar-refractivity contribution >= 4 is 11.8 Å². The van der Waals surface area contributed by atoms with Crippen molar-refractivity contribution in [1.29, 1.82) is 0 Å². The summed E-state index contributed by atoms with van der Waals surface area (Å²) in [5, 5.41) is 0. The lowest BCUT2D eigenvalue weighted by atomic mass is 9.97. The van der Waals surface area contributed by atoms with Gasteiger partial charge >= 0.3 is 6.09 Å². The predicted molar refractivity (Wildman–Crippen MR) is 84.5 cm³/mol. The van der Waals surface area contributed by atoms with Gasteiger partial charge in [0.25, 0.3) is 0 Å². The number of hydrogen-bond acceptors (Lipinski definition) is 2. The molecule has 0 fully saturated rings. The molecule has 4 heteroatoms. The van der Waals surface area contributed by atoms with Crippen LogP contribution in [-0.4, -0.2) is 46.2 Å². The molecule has 0 aliphatic carbocycles. The average Bonchev–Trinajstić information content (AvgIpc) is 2.29. The third kappa shape index (κ3) is 3.73. The van der Waals surface area contributed by atoms with Crippen LogP contribution in [0.3, 0.4) is 0 Å². The van der Waals surface area contributed by atoms with Gasteiger partial charge in [-0.1, -0.05) is 13.8 Å². The summed E-state index contributed by atoms with van der Waals surface area (Å²) < 4.78 is 6.19. The van der Waals surface area contributed by atoms with E-state index < -0.39 is 0 Å². The summed E-state index contributed by atoms with van der Waals surface area (Å²) in [5.41, 5.74) is 3.44. The second-order valence-corrected chi connectivity index (χ2v) is 6.61. The van der Waals surface area contributed by atoms with Crippen molar-refractivity contribution in [2.45, 2.75) is 26.7 Å². The summed E-state index contributed by atoms with van der Waals surface area (Å²) in [4.78, 5) is 13.2. The minimum Gasteiger partial charge on any atom is -0.410 e. The van der Waals surface area contributed by atoms with Crippen LogP contribution in [-0.2, 0) is 0 Å². The van der Waals surface area contributed by atoms with E-state index in [0.29, 0.717) is 11.7 Å².